The number of primary amides is 1. The lowest BCUT2D eigenvalue weighted by Crippen LogP contribution is -2.15. The summed E-state index contributed by atoms with van der Waals surface area (Å²) >= 11 is 0. The average Bonchev–Trinajstić information content (AvgIpc) is 2.94. The van der Waals surface area contributed by atoms with Gasteiger partial charge in [0.2, 0.25) is 6.79 Å². The summed E-state index contributed by atoms with van der Waals surface area (Å²) in [6, 6.07) is 8.96. The van der Waals surface area contributed by atoms with Crippen molar-refractivity contribution in [2.24, 2.45) is 5.73 Å². The first-order chi connectivity index (χ1) is 9.75. The van der Waals surface area contributed by atoms with Gasteiger partial charge in [-0.2, -0.15) is 0 Å². The largest absolute Gasteiger partial charge is 0.454 e. The first kappa shape index (κ1) is 12.3. The van der Waals surface area contributed by atoms with Crippen LogP contribution in [0.25, 0.3) is 0 Å². The molecule has 0 aliphatic carbocycles. The summed E-state index contributed by atoms with van der Waals surface area (Å²) in [7, 11) is 0. The fourth-order valence-corrected chi connectivity index (χ4v) is 2.05. The van der Waals surface area contributed by atoms with Crippen LogP contribution < -0.4 is 20.5 Å². The van der Waals surface area contributed by atoms with Gasteiger partial charge in [0.15, 0.2) is 11.5 Å². The maximum absolute atomic E-state index is 11.3. The van der Waals surface area contributed by atoms with E-state index in [1.165, 1.54) is 0 Å². The molecular formula is C14H13N3O3. The molecule has 1 aromatic heterocycles. The first-order valence-corrected chi connectivity index (χ1v) is 6.12. The van der Waals surface area contributed by atoms with Crippen molar-refractivity contribution in [3.63, 3.8) is 0 Å². The Balaban J connectivity index is 1.81. The quantitative estimate of drug-likeness (QED) is 0.880. The number of hydrogen-bond donors (Lipinski definition) is 2. The van der Waals surface area contributed by atoms with Crippen molar-refractivity contribution in [1.82, 2.24) is 4.98 Å². The smallest absolute Gasteiger partial charge is 0.252 e. The van der Waals surface area contributed by atoms with E-state index in [-0.39, 0.29) is 6.79 Å². The van der Waals surface area contributed by atoms with E-state index in [0.717, 1.165) is 17.1 Å². The number of rotatable bonds is 4. The highest BCUT2D eigenvalue weighted by molar-refractivity contribution is 5.97. The maximum atomic E-state index is 11.3. The van der Waals surface area contributed by atoms with E-state index in [2.05, 4.69) is 10.3 Å². The van der Waals surface area contributed by atoms with E-state index in [0.29, 0.717) is 17.9 Å². The molecule has 0 atom stereocenters. The van der Waals surface area contributed by atoms with Gasteiger partial charge in [0, 0.05) is 18.3 Å². The summed E-state index contributed by atoms with van der Waals surface area (Å²) in [6.07, 6.45) is 1.60. The predicted molar refractivity (Wildman–Crippen MR) is 72.6 cm³/mol. The number of anilines is 1. The number of fused-ring (bicyclic) bond motifs is 1. The normalized spacial score (nSPS) is 12.2. The van der Waals surface area contributed by atoms with Gasteiger partial charge in [-0.25, -0.2) is 4.98 Å². The van der Waals surface area contributed by atoms with E-state index in [9.17, 15) is 4.79 Å². The fraction of sp³-hybridized carbons (Fsp3) is 0.143. The van der Waals surface area contributed by atoms with Gasteiger partial charge in [-0.15, -0.1) is 0 Å². The summed E-state index contributed by atoms with van der Waals surface area (Å²) in [5.74, 6) is 1.38. The van der Waals surface area contributed by atoms with Gasteiger partial charge in [-0.3, -0.25) is 4.79 Å². The number of benzene rings is 1. The highest BCUT2D eigenvalue weighted by Gasteiger charge is 2.17. The standard InChI is InChI=1S/C14H13N3O3/c15-13(18)10-4-2-6-16-14(10)17-7-9-3-1-5-11-12(9)20-8-19-11/h1-6H,7-8H2,(H2,15,18)(H,16,17). The molecule has 2 heterocycles. The van der Waals surface area contributed by atoms with Crippen LogP contribution in [0.4, 0.5) is 5.82 Å². The van der Waals surface area contributed by atoms with Crippen molar-refractivity contribution in [3.05, 3.63) is 47.7 Å². The van der Waals surface area contributed by atoms with Crippen molar-refractivity contribution in [1.29, 1.82) is 0 Å². The second-order valence-corrected chi connectivity index (χ2v) is 4.27. The highest BCUT2D eigenvalue weighted by Crippen LogP contribution is 2.35. The topological polar surface area (TPSA) is 86.5 Å². The van der Waals surface area contributed by atoms with Gasteiger partial charge in [0.25, 0.3) is 5.91 Å². The monoisotopic (exact) mass is 271 g/mol. The van der Waals surface area contributed by atoms with Crippen LogP contribution >= 0.6 is 0 Å². The Labute approximate surface area is 115 Å². The molecule has 3 N–H and O–H groups in total. The minimum absolute atomic E-state index is 0.225. The minimum atomic E-state index is -0.515. The van der Waals surface area contributed by atoms with Crippen LogP contribution in [-0.4, -0.2) is 17.7 Å². The molecule has 6 nitrogen and oxygen atoms in total. The third-order valence-electron chi connectivity index (χ3n) is 3.00. The zero-order valence-corrected chi connectivity index (χ0v) is 10.6. The molecule has 1 amide bonds. The van der Waals surface area contributed by atoms with E-state index >= 15 is 0 Å². The molecule has 20 heavy (non-hydrogen) atoms. The third-order valence-corrected chi connectivity index (χ3v) is 3.00. The number of aromatic nitrogens is 1. The van der Waals surface area contributed by atoms with Gasteiger partial charge < -0.3 is 20.5 Å². The Morgan fingerprint density at radius 2 is 2.20 bits per heavy atom. The van der Waals surface area contributed by atoms with Crippen molar-refractivity contribution >= 4 is 11.7 Å². The molecular weight excluding hydrogens is 258 g/mol. The lowest BCUT2D eigenvalue weighted by molar-refractivity contribution is 0.100. The van der Waals surface area contributed by atoms with Gasteiger partial charge in [0.05, 0.1) is 5.56 Å². The van der Waals surface area contributed by atoms with Gasteiger partial charge in [-0.05, 0) is 18.2 Å². The minimum Gasteiger partial charge on any atom is -0.454 e. The predicted octanol–water partition coefficient (Wildman–Crippen LogP) is 1.52. The Kier molecular flexibility index (Phi) is 3.12. The summed E-state index contributed by atoms with van der Waals surface area (Å²) in [5.41, 5.74) is 6.60. The summed E-state index contributed by atoms with van der Waals surface area (Å²) < 4.78 is 10.7. The van der Waals surface area contributed by atoms with Crippen LogP contribution in [0.15, 0.2) is 36.5 Å². The molecule has 0 spiro atoms. The SMILES string of the molecule is NC(=O)c1cccnc1NCc1cccc2c1OCO2. The second-order valence-electron chi connectivity index (χ2n) is 4.27. The molecule has 3 rings (SSSR count). The molecule has 2 aromatic rings. The molecule has 0 bridgehead atoms. The molecule has 6 heteroatoms. The van der Waals surface area contributed by atoms with Crippen molar-refractivity contribution in [2.45, 2.75) is 6.54 Å². The van der Waals surface area contributed by atoms with E-state index in [4.69, 9.17) is 15.2 Å². The molecule has 0 unspecified atom stereocenters. The van der Waals surface area contributed by atoms with Gasteiger partial charge in [-0.1, -0.05) is 12.1 Å². The van der Waals surface area contributed by atoms with Gasteiger partial charge in [0.1, 0.15) is 5.82 Å². The molecule has 1 aromatic carbocycles. The van der Waals surface area contributed by atoms with E-state index < -0.39 is 5.91 Å². The number of hydrogen-bond acceptors (Lipinski definition) is 5. The highest BCUT2D eigenvalue weighted by atomic mass is 16.7. The number of nitrogens with two attached hydrogens (primary N) is 1. The summed E-state index contributed by atoms with van der Waals surface area (Å²) in [4.78, 5) is 15.4. The number of nitrogens with one attached hydrogen (secondary N) is 1. The van der Waals surface area contributed by atoms with Crippen LogP contribution in [0, 0.1) is 0 Å². The Bertz CT molecular complexity index is 658. The summed E-state index contributed by atoms with van der Waals surface area (Å²) in [6.45, 7) is 0.687. The van der Waals surface area contributed by atoms with Crippen molar-refractivity contribution in [3.8, 4) is 11.5 Å². The number of nitrogens with zero attached hydrogens (tertiary/aromatic N) is 1. The maximum Gasteiger partial charge on any atom is 0.252 e. The number of pyridine rings is 1. The van der Waals surface area contributed by atoms with Crippen LogP contribution in [0.5, 0.6) is 11.5 Å². The fourth-order valence-electron chi connectivity index (χ4n) is 2.05. The third kappa shape index (κ3) is 2.23. The van der Waals surface area contributed by atoms with Crippen molar-refractivity contribution in [2.75, 3.05) is 12.1 Å². The average molecular weight is 271 g/mol. The molecule has 1 aliphatic rings. The zero-order valence-electron chi connectivity index (χ0n) is 10.6. The molecule has 1 aliphatic heterocycles. The number of para-hydroxylation sites is 1. The van der Waals surface area contributed by atoms with Crippen LogP contribution in [0.2, 0.25) is 0 Å². The number of amides is 1. The molecule has 0 radical (unpaired) electrons. The van der Waals surface area contributed by atoms with Crippen LogP contribution in [0.1, 0.15) is 15.9 Å². The Morgan fingerprint density at radius 1 is 1.30 bits per heavy atom. The van der Waals surface area contributed by atoms with E-state index in [1.807, 2.05) is 18.2 Å². The Morgan fingerprint density at radius 3 is 3.05 bits per heavy atom. The van der Waals surface area contributed by atoms with Crippen LogP contribution in [-0.2, 0) is 6.54 Å². The lowest BCUT2D eigenvalue weighted by atomic mass is 10.1. The zero-order chi connectivity index (χ0) is 13.9. The number of ether oxygens (including phenoxy) is 2. The second kappa shape index (κ2) is 5.08. The van der Waals surface area contributed by atoms with E-state index in [1.54, 1.807) is 18.3 Å². The number of carbonyl (C=O) groups excluding carboxylic acids is 1. The molecule has 0 saturated heterocycles. The molecule has 0 fully saturated rings. The Hall–Kier alpha value is -2.76. The molecule has 102 valence electrons. The first-order valence-electron chi connectivity index (χ1n) is 6.12. The lowest BCUT2D eigenvalue weighted by Gasteiger charge is -2.10. The number of carbonyl (C=O) groups is 1. The van der Waals surface area contributed by atoms with Crippen LogP contribution in [0.3, 0.4) is 0 Å². The summed E-state index contributed by atoms with van der Waals surface area (Å²) in [5, 5.41) is 3.09. The molecule has 0 saturated carbocycles. The van der Waals surface area contributed by atoms with Gasteiger partial charge >= 0.3 is 0 Å². The van der Waals surface area contributed by atoms with Crippen molar-refractivity contribution < 1.29 is 14.3 Å².